The van der Waals surface area contributed by atoms with E-state index in [1.165, 1.54) is 51.4 Å². The summed E-state index contributed by atoms with van der Waals surface area (Å²) in [5.41, 5.74) is 0.937. The Morgan fingerprint density at radius 2 is 1.58 bits per heavy atom. The molecule has 1 fully saturated rings. The van der Waals surface area contributed by atoms with Crippen LogP contribution in [0.25, 0.3) is 0 Å². The van der Waals surface area contributed by atoms with E-state index in [2.05, 4.69) is 12.1 Å². The molecule has 0 saturated heterocycles. The molecule has 0 radical (unpaired) electrons. The Bertz CT molecular complexity index is 231. The minimum absolute atomic E-state index is 0.398. The van der Waals surface area contributed by atoms with Crippen LogP contribution in [0.5, 0.6) is 0 Å². The third-order valence-corrected chi connectivity index (χ3v) is 4.00. The molecule has 1 N–H and O–H groups in total. The van der Waals surface area contributed by atoms with Gasteiger partial charge in [-0.3, -0.25) is 0 Å². The maximum Gasteiger partial charge on any atom is 0.0582 e. The van der Waals surface area contributed by atoms with Crippen molar-refractivity contribution in [1.82, 2.24) is 0 Å². The Labute approximate surface area is 118 Å². The Balaban J connectivity index is 1.83. The summed E-state index contributed by atoms with van der Waals surface area (Å²) in [6.07, 6.45) is 15.0. The molecule has 0 heterocycles. The Kier molecular flexibility index (Phi) is 9.78. The lowest BCUT2D eigenvalue weighted by molar-refractivity contribution is 0.0374. The van der Waals surface area contributed by atoms with Gasteiger partial charge >= 0.3 is 0 Å². The van der Waals surface area contributed by atoms with Crippen molar-refractivity contribution in [2.24, 2.45) is 5.16 Å². The highest BCUT2D eigenvalue weighted by atomic mass is 16.5. The lowest BCUT2D eigenvalue weighted by atomic mass is 9.96. The molecule has 0 bridgehead atoms. The average molecular weight is 269 g/mol. The van der Waals surface area contributed by atoms with Crippen LogP contribution in [0.2, 0.25) is 0 Å². The molecule has 0 aromatic rings. The summed E-state index contributed by atoms with van der Waals surface area (Å²) in [6, 6.07) is 0. The monoisotopic (exact) mass is 269 g/mol. The van der Waals surface area contributed by atoms with E-state index in [0.717, 1.165) is 38.0 Å². The van der Waals surface area contributed by atoms with Crippen molar-refractivity contribution in [3.8, 4) is 0 Å². The van der Waals surface area contributed by atoms with E-state index in [1.807, 2.05) is 0 Å². The minimum atomic E-state index is 0.398. The summed E-state index contributed by atoms with van der Waals surface area (Å²) in [7, 11) is 0. The number of ether oxygens (including phenoxy) is 1. The van der Waals surface area contributed by atoms with E-state index >= 15 is 0 Å². The second-order valence-corrected chi connectivity index (χ2v) is 5.71. The maximum atomic E-state index is 8.67. The zero-order valence-corrected chi connectivity index (χ0v) is 12.6. The van der Waals surface area contributed by atoms with Crippen LogP contribution < -0.4 is 0 Å². The molecule has 19 heavy (non-hydrogen) atoms. The van der Waals surface area contributed by atoms with Gasteiger partial charge in [0.15, 0.2) is 0 Å². The van der Waals surface area contributed by atoms with Crippen molar-refractivity contribution in [2.45, 2.75) is 90.1 Å². The highest BCUT2D eigenvalue weighted by Crippen LogP contribution is 2.19. The summed E-state index contributed by atoms with van der Waals surface area (Å²) in [5.74, 6) is 0. The first-order valence-corrected chi connectivity index (χ1v) is 8.18. The molecule has 0 unspecified atom stereocenters. The van der Waals surface area contributed by atoms with Crippen LogP contribution in [-0.4, -0.2) is 23.6 Å². The van der Waals surface area contributed by atoms with Crippen molar-refractivity contribution in [3.05, 3.63) is 0 Å². The van der Waals surface area contributed by atoms with Crippen molar-refractivity contribution >= 4 is 5.71 Å². The third kappa shape index (κ3) is 8.25. The van der Waals surface area contributed by atoms with Gasteiger partial charge in [0.05, 0.1) is 11.8 Å². The lowest BCUT2D eigenvalue weighted by Crippen LogP contribution is -2.22. The van der Waals surface area contributed by atoms with Crippen LogP contribution >= 0.6 is 0 Å². The molecular formula is C16H31NO2. The largest absolute Gasteiger partial charge is 0.411 e. The van der Waals surface area contributed by atoms with Gasteiger partial charge in [0.1, 0.15) is 0 Å². The van der Waals surface area contributed by atoms with Gasteiger partial charge in [-0.15, -0.1) is 0 Å². The molecule has 3 nitrogen and oxygen atoms in total. The topological polar surface area (TPSA) is 41.8 Å². The minimum Gasteiger partial charge on any atom is -0.411 e. The molecule has 0 spiro atoms. The van der Waals surface area contributed by atoms with E-state index in [-0.39, 0.29) is 0 Å². The van der Waals surface area contributed by atoms with E-state index in [0.29, 0.717) is 6.10 Å². The fourth-order valence-electron chi connectivity index (χ4n) is 2.68. The van der Waals surface area contributed by atoms with Gasteiger partial charge in [-0.2, -0.15) is 0 Å². The second-order valence-electron chi connectivity index (χ2n) is 5.71. The fourth-order valence-corrected chi connectivity index (χ4v) is 2.68. The van der Waals surface area contributed by atoms with Gasteiger partial charge in [-0.25, -0.2) is 0 Å². The Morgan fingerprint density at radius 1 is 1.00 bits per heavy atom. The number of rotatable bonds is 10. The molecule has 1 aliphatic carbocycles. The molecule has 1 saturated carbocycles. The van der Waals surface area contributed by atoms with Gasteiger partial charge < -0.3 is 9.94 Å². The van der Waals surface area contributed by atoms with Crippen molar-refractivity contribution < 1.29 is 9.94 Å². The van der Waals surface area contributed by atoms with Crippen LogP contribution in [0.15, 0.2) is 5.16 Å². The number of oxime groups is 1. The molecule has 0 aromatic heterocycles. The number of hydrogen-bond donors (Lipinski definition) is 1. The number of unbranched alkanes of at least 4 members (excludes halogenated alkanes) is 7. The number of nitrogens with zero attached hydrogens (tertiary/aromatic N) is 1. The third-order valence-electron chi connectivity index (χ3n) is 4.00. The molecule has 0 atom stereocenters. The molecule has 1 aliphatic rings. The molecule has 112 valence electrons. The van der Waals surface area contributed by atoms with Gasteiger partial charge in [-0.1, -0.05) is 57.0 Å². The van der Waals surface area contributed by atoms with Crippen LogP contribution in [0, 0.1) is 0 Å². The second kappa shape index (κ2) is 11.3. The van der Waals surface area contributed by atoms with Crippen molar-refractivity contribution in [1.29, 1.82) is 0 Å². The smallest absolute Gasteiger partial charge is 0.0582 e. The van der Waals surface area contributed by atoms with Gasteiger partial charge in [0.2, 0.25) is 0 Å². The molecule has 0 aromatic carbocycles. The van der Waals surface area contributed by atoms with E-state index in [9.17, 15) is 0 Å². The van der Waals surface area contributed by atoms with Gasteiger partial charge in [0, 0.05) is 6.61 Å². The summed E-state index contributed by atoms with van der Waals surface area (Å²) in [6.45, 7) is 3.17. The summed E-state index contributed by atoms with van der Waals surface area (Å²) < 4.78 is 5.88. The van der Waals surface area contributed by atoms with Crippen molar-refractivity contribution in [2.75, 3.05) is 6.61 Å². The fraction of sp³-hybridized carbons (Fsp3) is 0.938. The van der Waals surface area contributed by atoms with Crippen LogP contribution in [0.1, 0.15) is 84.0 Å². The number of hydrogen-bond acceptors (Lipinski definition) is 3. The zero-order chi connectivity index (χ0) is 13.8. The molecule has 3 heteroatoms. The predicted octanol–water partition coefficient (Wildman–Crippen LogP) is 4.92. The first-order chi connectivity index (χ1) is 9.36. The Morgan fingerprint density at radius 3 is 2.16 bits per heavy atom. The summed E-state index contributed by atoms with van der Waals surface area (Å²) >= 11 is 0. The van der Waals surface area contributed by atoms with Crippen LogP contribution in [0.4, 0.5) is 0 Å². The highest BCUT2D eigenvalue weighted by molar-refractivity contribution is 5.84. The molecular weight excluding hydrogens is 238 g/mol. The van der Waals surface area contributed by atoms with Gasteiger partial charge in [0.25, 0.3) is 0 Å². The molecule has 0 aliphatic heterocycles. The summed E-state index contributed by atoms with van der Waals surface area (Å²) in [5, 5.41) is 12.0. The summed E-state index contributed by atoms with van der Waals surface area (Å²) in [4.78, 5) is 0. The zero-order valence-electron chi connectivity index (χ0n) is 12.6. The SMILES string of the molecule is CCCCCCCCCCOC1CCC(=NO)CC1. The van der Waals surface area contributed by atoms with Crippen LogP contribution in [0.3, 0.4) is 0 Å². The van der Waals surface area contributed by atoms with Crippen LogP contribution in [-0.2, 0) is 4.74 Å². The molecule has 0 amide bonds. The van der Waals surface area contributed by atoms with Crippen molar-refractivity contribution in [3.63, 3.8) is 0 Å². The molecule has 1 rings (SSSR count). The standard InChI is InChI=1S/C16H31NO2/c1-2-3-4-5-6-7-8-9-14-19-16-12-10-15(17-18)11-13-16/h16,18H,2-14H2,1H3. The predicted molar refractivity (Wildman–Crippen MR) is 80.0 cm³/mol. The Hall–Kier alpha value is -0.570. The van der Waals surface area contributed by atoms with E-state index in [1.54, 1.807) is 0 Å². The van der Waals surface area contributed by atoms with Gasteiger partial charge in [-0.05, 0) is 32.1 Å². The first kappa shape index (κ1) is 16.5. The maximum absolute atomic E-state index is 8.67. The highest BCUT2D eigenvalue weighted by Gasteiger charge is 2.17. The quantitative estimate of drug-likeness (QED) is 0.347. The lowest BCUT2D eigenvalue weighted by Gasteiger charge is -2.22. The van der Waals surface area contributed by atoms with E-state index < -0.39 is 0 Å². The first-order valence-electron chi connectivity index (χ1n) is 8.18. The van der Waals surface area contributed by atoms with E-state index in [4.69, 9.17) is 9.94 Å². The normalized spacial score (nSPS) is 19.6. The average Bonchev–Trinajstić information content (AvgIpc) is 2.46.